The van der Waals surface area contributed by atoms with Crippen LogP contribution < -0.4 is 4.90 Å². The van der Waals surface area contributed by atoms with Crippen LogP contribution in [0.3, 0.4) is 0 Å². The molecule has 3 nitrogen and oxygen atoms in total. The highest BCUT2D eigenvalue weighted by molar-refractivity contribution is 5.54. The van der Waals surface area contributed by atoms with Crippen molar-refractivity contribution in [3.05, 3.63) is 54.3 Å². The molecule has 0 unspecified atom stereocenters. The number of ether oxygens (including phenoxy) is 2. The van der Waals surface area contributed by atoms with Gasteiger partial charge in [-0.05, 0) is 24.3 Å². The number of rotatable bonds is 4. The smallest absolute Gasteiger partial charge is 0.191 e. The summed E-state index contributed by atoms with van der Waals surface area (Å²) >= 11 is 0. The first-order valence-corrected chi connectivity index (χ1v) is 5.99. The summed E-state index contributed by atoms with van der Waals surface area (Å²) in [6.45, 7) is 0. The molecule has 18 heavy (non-hydrogen) atoms. The standard InChI is InChI=1S/C15H19NO2/c1-16(13-7-5-4-6-8-13)14-9-11-15(17-2,18-3)12-10-14/h4-11H,12H2,1-3H3. The fraction of sp³-hybridized carbons (Fsp3) is 0.333. The summed E-state index contributed by atoms with van der Waals surface area (Å²) in [4.78, 5) is 2.14. The van der Waals surface area contributed by atoms with Crippen molar-refractivity contribution in [1.29, 1.82) is 0 Å². The van der Waals surface area contributed by atoms with E-state index in [9.17, 15) is 0 Å². The van der Waals surface area contributed by atoms with Gasteiger partial charge in [-0.3, -0.25) is 0 Å². The number of likely N-dealkylation sites (N-methyl/N-ethyl adjacent to an activating group) is 1. The summed E-state index contributed by atoms with van der Waals surface area (Å²) in [5, 5.41) is 0. The Labute approximate surface area is 108 Å². The van der Waals surface area contributed by atoms with Crippen molar-refractivity contribution in [2.45, 2.75) is 12.2 Å². The topological polar surface area (TPSA) is 21.7 Å². The molecule has 0 heterocycles. The Morgan fingerprint density at radius 2 is 1.78 bits per heavy atom. The molecule has 0 fully saturated rings. The molecule has 1 aliphatic rings. The maximum Gasteiger partial charge on any atom is 0.191 e. The first-order chi connectivity index (χ1) is 8.71. The van der Waals surface area contributed by atoms with Gasteiger partial charge in [0.25, 0.3) is 0 Å². The lowest BCUT2D eigenvalue weighted by molar-refractivity contribution is -0.167. The van der Waals surface area contributed by atoms with Gasteiger partial charge in [0, 0.05) is 39.1 Å². The average molecular weight is 245 g/mol. The van der Waals surface area contributed by atoms with Gasteiger partial charge in [-0.25, -0.2) is 0 Å². The van der Waals surface area contributed by atoms with Crippen LogP contribution in [-0.4, -0.2) is 27.1 Å². The number of methoxy groups -OCH3 is 2. The number of para-hydroxylation sites is 1. The highest BCUT2D eigenvalue weighted by Crippen LogP contribution is 2.28. The number of hydrogen-bond donors (Lipinski definition) is 0. The molecule has 0 spiro atoms. The predicted molar refractivity (Wildman–Crippen MR) is 73.4 cm³/mol. The third-order valence-electron chi connectivity index (χ3n) is 3.33. The minimum atomic E-state index is -0.610. The lowest BCUT2D eigenvalue weighted by atomic mass is 10.0. The van der Waals surface area contributed by atoms with Crippen molar-refractivity contribution in [3.63, 3.8) is 0 Å². The van der Waals surface area contributed by atoms with Crippen molar-refractivity contribution in [2.24, 2.45) is 0 Å². The summed E-state index contributed by atoms with van der Waals surface area (Å²) in [5.74, 6) is -0.610. The maximum atomic E-state index is 5.39. The monoisotopic (exact) mass is 245 g/mol. The van der Waals surface area contributed by atoms with E-state index in [2.05, 4.69) is 30.2 Å². The lowest BCUT2D eigenvalue weighted by Gasteiger charge is -2.31. The number of allylic oxidation sites excluding steroid dienone is 1. The third-order valence-corrected chi connectivity index (χ3v) is 3.33. The van der Waals surface area contributed by atoms with E-state index in [1.807, 2.05) is 30.4 Å². The Morgan fingerprint density at radius 3 is 2.28 bits per heavy atom. The summed E-state index contributed by atoms with van der Waals surface area (Å²) in [6.07, 6.45) is 6.83. The zero-order valence-corrected chi connectivity index (χ0v) is 11.1. The minimum absolute atomic E-state index is 0.610. The molecule has 0 bridgehead atoms. The van der Waals surface area contributed by atoms with E-state index in [1.54, 1.807) is 14.2 Å². The van der Waals surface area contributed by atoms with Gasteiger partial charge in [-0.1, -0.05) is 24.3 Å². The molecule has 0 saturated heterocycles. The summed E-state index contributed by atoms with van der Waals surface area (Å²) in [7, 11) is 5.37. The molecule has 2 rings (SSSR count). The number of anilines is 1. The Balaban J connectivity index is 2.14. The SMILES string of the molecule is COC1(OC)C=CC(N(C)c2ccccc2)=CC1. The molecule has 0 atom stereocenters. The first-order valence-electron chi connectivity index (χ1n) is 5.99. The van der Waals surface area contributed by atoms with E-state index in [1.165, 1.54) is 0 Å². The van der Waals surface area contributed by atoms with Gasteiger partial charge in [0.15, 0.2) is 5.79 Å². The van der Waals surface area contributed by atoms with Crippen LogP contribution in [0.1, 0.15) is 6.42 Å². The quantitative estimate of drug-likeness (QED) is 0.761. The van der Waals surface area contributed by atoms with E-state index in [4.69, 9.17) is 9.47 Å². The van der Waals surface area contributed by atoms with Crippen LogP contribution in [0.2, 0.25) is 0 Å². The molecule has 0 amide bonds. The van der Waals surface area contributed by atoms with Gasteiger partial charge in [0.05, 0.1) is 0 Å². The normalized spacial score (nSPS) is 17.4. The zero-order valence-electron chi connectivity index (χ0n) is 11.1. The fourth-order valence-corrected chi connectivity index (χ4v) is 2.03. The molecule has 1 aromatic carbocycles. The second kappa shape index (κ2) is 5.38. The second-order valence-corrected chi connectivity index (χ2v) is 4.28. The van der Waals surface area contributed by atoms with Crippen LogP contribution >= 0.6 is 0 Å². The molecule has 0 saturated carbocycles. The van der Waals surface area contributed by atoms with Crippen molar-refractivity contribution >= 4 is 5.69 Å². The molecular formula is C15H19NO2. The van der Waals surface area contributed by atoms with Crippen molar-refractivity contribution < 1.29 is 9.47 Å². The Hall–Kier alpha value is -1.58. The molecule has 96 valence electrons. The van der Waals surface area contributed by atoms with E-state index < -0.39 is 5.79 Å². The highest BCUT2D eigenvalue weighted by Gasteiger charge is 2.28. The summed E-state index contributed by atoms with van der Waals surface area (Å²) in [6, 6.07) is 10.3. The summed E-state index contributed by atoms with van der Waals surface area (Å²) in [5.41, 5.74) is 2.31. The third kappa shape index (κ3) is 2.47. The fourth-order valence-electron chi connectivity index (χ4n) is 2.03. The minimum Gasteiger partial charge on any atom is -0.349 e. The molecule has 0 aromatic heterocycles. The number of benzene rings is 1. The van der Waals surface area contributed by atoms with Gasteiger partial charge in [-0.2, -0.15) is 0 Å². The molecule has 0 aliphatic heterocycles. The number of nitrogens with zero attached hydrogens (tertiary/aromatic N) is 1. The van der Waals surface area contributed by atoms with E-state index in [0.717, 1.165) is 11.4 Å². The van der Waals surface area contributed by atoms with Crippen LogP contribution in [0.5, 0.6) is 0 Å². The summed E-state index contributed by atoms with van der Waals surface area (Å²) < 4.78 is 10.8. The van der Waals surface area contributed by atoms with Gasteiger partial charge in [0.1, 0.15) is 0 Å². The molecule has 0 N–H and O–H groups in total. The average Bonchev–Trinajstić information content (AvgIpc) is 2.47. The highest BCUT2D eigenvalue weighted by atomic mass is 16.7. The van der Waals surface area contributed by atoms with E-state index >= 15 is 0 Å². The molecule has 1 aromatic rings. The van der Waals surface area contributed by atoms with Crippen molar-refractivity contribution in [2.75, 3.05) is 26.2 Å². The first kappa shape index (κ1) is 12.9. The molecule has 1 aliphatic carbocycles. The Kier molecular flexibility index (Phi) is 3.84. The van der Waals surface area contributed by atoms with Gasteiger partial charge >= 0.3 is 0 Å². The largest absolute Gasteiger partial charge is 0.349 e. The van der Waals surface area contributed by atoms with Crippen LogP contribution in [-0.2, 0) is 9.47 Å². The predicted octanol–water partition coefficient (Wildman–Crippen LogP) is 2.96. The van der Waals surface area contributed by atoms with Crippen LogP contribution in [0, 0.1) is 0 Å². The van der Waals surface area contributed by atoms with E-state index in [-0.39, 0.29) is 0 Å². The zero-order chi connectivity index (χ0) is 13.0. The second-order valence-electron chi connectivity index (χ2n) is 4.28. The molecular weight excluding hydrogens is 226 g/mol. The lowest BCUT2D eigenvalue weighted by Crippen LogP contribution is -2.33. The maximum absolute atomic E-state index is 5.39. The van der Waals surface area contributed by atoms with Crippen LogP contribution in [0.15, 0.2) is 54.3 Å². The van der Waals surface area contributed by atoms with Crippen LogP contribution in [0.25, 0.3) is 0 Å². The molecule has 0 radical (unpaired) electrons. The van der Waals surface area contributed by atoms with Gasteiger partial charge in [0.2, 0.25) is 0 Å². The van der Waals surface area contributed by atoms with Crippen LogP contribution in [0.4, 0.5) is 5.69 Å². The van der Waals surface area contributed by atoms with Gasteiger partial charge < -0.3 is 14.4 Å². The van der Waals surface area contributed by atoms with Crippen molar-refractivity contribution in [3.8, 4) is 0 Å². The van der Waals surface area contributed by atoms with E-state index in [0.29, 0.717) is 6.42 Å². The van der Waals surface area contributed by atoms with Crippen molar-refractivity contribution in [1.82, 2.24) is 0 Å². The molecule has 3 heteroatoms. The Bertz CT molecular complexity index is 447. The number of hydrogen-bond acceptors (Lipinski definition) is 3. The van der Waals surface area contributed by atoms with Gasteiger partial charge in [-0.15, -0.1) is 0 Å². The Morgan fingerprint density at radius 1 is 1.11 bits per heavy atom.